The van der Waals surface area contributed by atoms with Gasteiger partial charge in [-0.05, 0) is 37.5 Å². The standard InChI is InChI=1S/C13H15F3N2O2/c14-13(15,16)8-3-1-4-9(7-8)18-12(19)20-11-6-2-5-10(11)17/h1,3-4,7,10-11H,2,5-6,17H2,(H,18,19). The summed E-state index contributed by atoms with van der Waals surface area (Å²) in [6.07, 6.45) is -3.27. The van der Waals surface area contributed by atoms with Crippen LogP contribution in [-0.4, -0.2) is 18.2 Å². The summed E-state index contributed by atoms with van der Waals surface area (Å²) in [6.45, 7) is 0. The lowest BCUT2D eigenvalue weighted by atomic mass is 10.2. The van der Waals surface area contributed by atoms with E-state index in [0.29, 0.717) is 6.42 Å². The van der Waals surface area contributed by atoms with E-state index in [1.807, 2.05) is 0 Å². The van der Waals surface area contributed by atoms with Crippen molar-refractivity contribution in [3.63, 3.8) is 0 Å². The molecule has 0 aromatic heterocycles. The van der Waals surface area contributed by atoms with Crippen LogP contribution in [0.1, 0.15) is 24.8 Å². The Morgan fingerprint density at radius 3 is 2.70 bits per heavy atom. The second-order valence-electron chi connectivity index (χ2n) is 4.74. The Balaban J connectivity index is 1.97. The third-order valence-electron chi connectivity index (χ3n) is 3.20. The molecule has 2 rings (SSSR count). The number of nitrogens with one attached hydrogen (secondary N) is 1. The van der Waals surface area contributed by atoms with Gasteiger partial charge >= 0.3 is 12.3 Å². The highest BCUT2D eigenvalue weighted by molar-refractivity contribution is 5.84. The average Bonchev–Trinajstić information content (AvgIpc) is 2.74. The SMILES string of the molecule is NC1CCCC1OC(=O)Nc1cccc(C(F)(F)F)c1. The number of anilines is 1. The topological polar surface area (TPSA) is 64.3 Å². The molecule has 0 bridgehead atoms. The number of hydrogen-bond donors (Lipinski definition) is 2. The van der Waals surface area contributed by atoms with E-state index < -0.39 is 17.8 Å². The van der Waals surface area contributed by atoms with E-state index in [0.717, 1.165) is 25.0 Å². The molecule has 0 heterocycles. The Morgan fingerprint density at radius 2 is 2.10 bits per heavy atom. The zero-order valence-electron chi connectivity index (χ0n) is 10.6. The summed E-state index contributed by atoms with van der Waals surface area (Å²) < 4.78 is 42.7. The molecule has 1 aromatic rings. The highest BCUT2D eigenvalue weighted by atomic mass is 19.4. The van der Waals surface area contributed by atoms with Crippen LogP contribution in [0.15, 0.2) is 24.3 Å². The predicted octanol–water partition coefficient (Wildman–Crippen LogP) is 3.13. The fourth-order valence-electron chi connectivity index (χ4n) is 2.16. The first-order valence-electron chi connectivity index (χ1n) is 6.27. The molecule has 2 unspecified atom stereocenters. The molecule has 1 fully saturated rings. The van der Waals surface area contributed by atoms with E-state index in [4.69, 9.17) is 10.5 Å². The van der Waals surface area contributed by atoms with Gasteiger partial charge in [0.1, 0.15) is 6.10 Å². The largest absolute Gasteiger partial charge is 0.444 e. The quantitative estimate of drug-likeness (QED) is 0.878. The first-order chi connectivity index (χ1) is 9.36. The van der Waals surface area contributed by atoms with Gasteiger partial charge in [0.25, 0.3) is 0 Å². The fourth-order valence-corrected chi connectivity index (χ4v) is 2.16. The van der Waals surface area contributed by atoms with Crippen molar-refractivity contribution in [1.29, 1.82) is 0 Å². The molecule has 1 aliphatic rings. The molecular formula is C13H15F3N2O2. The normalized spacial score (nSPS) is 22.6. The maximum absolute atomic E-state index is 12.5. The summed E-state index contributed by atoms with van der Waals surface area (Å²) in [6, 6.07) is 4.17. The van der Waals surface area contributed by atoms with Gasteiger partial charge in [-0.2, -0.15) is 13.2 Å². The van der Waals surface area contributed by atoms with Crippen molar-refractivity contribution < 1.29 is 22.7 Å². The number of ether oxygens (including phenoxy) is 1. The molecule has 1 aromatic carbocycles. The van der Waals surface area contributed by atoms with Crippen LogP contribution in [0, 0.1) is 0 Å². The second-order valence-corrected chi connectivity index (χ2v) is 4.74. The molecule has 2 atom stereocenters. The number of carbonyl (C=O) groups is 1. The molecule has 3 N–H and O–H groups in total. The van der Waals surface area contributed by atoms with E-state index in [-0.39, 0.29) is 17.8 Å². The lowest BCUT2D eigenvalue weighted by Gasteiger charge is -2.17. The van der Waals surface area contributed by atoms with Crippen LogP contribution < -0.4 is 11.1 Å². The molecule has 1 amide bonds. The maximum Gasteiger partial charge on any atom is 0.416 e. The number of halogens is 3. The third kappa shape index (κ3) is 3.63. The zero-order chi connectivity index (χ0) is 14.8. The number of benzene rings is 1. The van der Waals surface area contributed by atoms with Crippen molar-refractivity contribution in [2.24, 2.45) is 5.73 Å². The highest BCUT2D eigenvalue weighted by Gasteiger charge is 2.31. The molecular weight excluding hydrogens is 273 g/mol. The Hall–Kier alpha value is -1.76. The van der Waals surface area contributed by atoms with Crippen LogP contribution in [-0.2, 0) is 10.9 Å². The summed E-state index contributed by atoms with van der Waals surface area (Å²) in [5.41, 5.74) is 4.96. The van der Waals surface area contributed by atoms with Gasteiger partial charge in [0.2, 0.25) is 0 Å². The first-order valence-corrected chi connectivity index (χ1v) is 6.27. The van der Waals surface area contributed by atoms with Gasteiger partial charge in [-0.3, -0.25) is 5.32 Å². The molecule has 1 aliphatic carbocycles. The van der Waals surface area contributed by atoms with Crippen LogP contribution in [0.4, 0.5) is 23.7 Å². The van der Waals surface area contributed by atoms with Crippen molar-refractivity contribution in [3.05, 3.63) is 29.8 Å². The van der Waals surface area contributed by atoms with E-state index in [2.05, 4.69) is 5.32 Å². The smallest absolute Gasteiger partial charge is 0.416 e. The number of alkyl halides is 3. The number of carbonyl (C=O) groups excluding carboxylic acids is 1. The van der Waals surface area contributed by atoms with E-state index >= 15 is 0 Å². The molecule has 0 radical (unpaired) electrons. The summed E-state index contributed by atoms with van der Waals surface area (Å²) in [7, 11) is 0. The molecule has 0 saturated heterocycles. The zero-order valence-corrected chi connectivity index (χ0v) is 10.6. The maximum atomic E-state index is 12.5. The number of rotatable bonds is 2. The van der Waals surface area contributed by atoms with Crippen molar-refractivity contribution in [3.8, 4) is 0 Å². The van der Waals surface area contributed by atoms with Gasteiger partial charge in [0.15, 0.2) is 0 Å². The Labute approximate surface area is 114 Å². The van der Waals surface area contributed by atoms with Gasteiger partial charge in [0.05, 0.1) is 5.56 Å². The molecule has 20 heavy (non-hydrogen) atoms. The van der Waals surface area contributed by atoms with Crippen molar-refractivity contribution in [2.75, 3.05) is 5.32 Å². The van der Waals surface area contributed by atoms with Crippen LogP contribution in [0.5, 0.6) is 0 Å². The van der Waals surface area contributed by atoms with Crippen molar-refractivity contribution in [2.45, 2.75) is 37.6 Å². The van der Waals surface area contributed by atoms with E-state index in [9.17, 15) is 18.0 Å². The average molecular weight is 288 g/mol. The summed E-state index contributed by atoms with van der Waals surface area (Å²) in [4.78, 5) is 11.6. The second kappa shape index (κ2) is 5.70. The number of hydrogen-bond acceptors (Lipinski definition) is 3. The molecule has 7 heteroatoms. The van der Waals surface area contributed by atoms with Gasteiger partial charge in [-0.15, -0.1) is 0 Å². The molecule has 0 aliphatic heterocycles. The molecule has 110 valence electrons. The minimum Gasteiger partial charge on any atom is -0.444 e. The van der Waals surface area contributed by atoms with Gasteiger partial charge in [-0.25, -0.2) is 4.79 Å². The summed E-state index contributed by atoms with van der Waals surface area (Å²) in [5, 5.41) is 2.29. The fraction of sp³-hybridized carbons (Fsp3) is 0.462. The Morgan fingerprint density at radius 1 is 1.35 bits per heavy atom. The predicted molar refractivity (Wildman–Crippen MR) is 67.2 cm³/mol. The number of amides is 1. The minimum absolute atomic E-state index is 0.0383. The Kier molecular flexibility index (Phi) is 4.17. The minimum atomic E-state index is -4.45. The lowest BCUT2D eigenvalue weighted by molar-refractivity contribution is -0.137. The van der Waals surface area contributed by atoms with Gasteiger partial charge in [-0.1, -0.05) is 6.07 Å². The lowest BCUT2D eigenvalue weighted by Crippen LogP contribution is -2.34. The van der Waals surface area contributed by atoms with Crippen LogP contribution >= 0.6 is 0 Å². The molecule has 1 saturated carbocycles. The molecule has 0 spiro atoms. The van der Waals surface area contributed by atoms with Crippen LogP contribution in [0.2, 0.25) is 0 Å². The van der Waals surface area contributed by atoms with Crippen LogP contribution in [0.3, 0.4) is 0 Å². The van der Waals surface area contributed by atoms with E-state index in [1.54, 1.807) is 0 Å². The monoisotopic (exact) mass is 288 g/mol. The highest BCUT2D eigenvalue weighted by Crippen LogP contribution is 2.30. The summed E-state index contributed by atoms with van der Waals surface area (Å²) in [5.74, 6) is 0. The van der Waals surface area contributed by atoms with Gasteiger partial charge < -0.3 is 10.5 Å². The number of nitrogens with two attached hydrogens (primary N) is 1. The molecule has 4 nitrogen and oxygen atoms in total. The van der Waals surface area contributed by atoms with Crippen molar-refractivity contribution in [1.82, 2.24) is 0 Å². The first kappa shape index (κ1) is 14.6. The van der Waals surface area contributed by atoms with Gasteiger partial charge in [0, 0.05) is 11.7 Å². The van der Waals surface area contributed by atoms with Crippen LogP contribution in [0.25, 0.3) is 0 Å². The van der Waals surface area contributed by atoms with E-state index in [1.165, 1.54) is 12.1 Å². The summed E-state index contributed by atoms with van der Waals surface area (Å²) >= 11 is 0. The van der Waals surface area contributed by atoms with Crippen molar-refractivity contribution >= 4 is 11.8 Å². The Bertz CT molecular complexity index is 491. The third-order valence-corrected chi connectivity index (χ3v) is 3.20.